The molecule has 4 nitrogen and oxygen atoms in total. The average molecular weight is 316 g/mol. The fourth-order valence-electron chi connectivity index (χ4n) is 2.49. The first-order valence-corrected chi connectivity index (χ1v) is 7.06. The minimum absolute atomic E-state index is 0.0858. The maximum absolute atomic E-state index is 12.7. The molecule has 0 bridgehead atoms. The van der Waals surface area contributed by atoms with Crippen molar-refractivity contribution in [1.29, 1.82) is 0 Å². The van der Waals surface area contributed by atoms with Crippen LogP contribution in [0.15, 0.2) is 30.3 Å². The summed E-state index contributed by atoms with van der Waals surface area (Å²) in [5.74, 6) is -0.240. The summed E-state index contributed by atoms with van der Waals surface area (Å²) in [7, 11) is 1.75. The molecule has 0 spiro atoms. The zero-order valence-corrected chi connectivity index (χ0v) is 12.3. The highest BCUT2D eigenvalue weighted by atomic mass is 19.4. The predicted octanol–water partition coefficient (Wildman–Crippen LogP) is 2.04. The third-order valence-corrected chi connectivity index (χ3v) is 4.04. The van der Waals surface area contributed by atoms with Crippen molar-refractivity contribution in [3.05, 3.63) is 30.3 Å². The molecule has 1 aromatic carbocycles. The van der Waals surface area contributed by atoms with Gasteiger partial charge >= 0.3 is 6.18 Å². The smallest absolute Gasteiger partial charge is 0.380 e. The summed E-state index contributed by atoms with van der Waals surface area (Å²) in [6, 6.07) is 9.26. The van der Waals surface area contributed by atoms with E-state index in [2.05, 4.69) is 0 Å². The minimum Gasteiger partial charge on any atom is -0.380 e. The molecule has 1 aliphatic rings. The Balaban J connectivity index is 1.91. The lowest BCUT2D eigenvalue weighted by Gasteiger charge is -2.39. The molecule has 0 saturated carbocycles. The Labute approximate surface area is 127 Å². The molecule has 0 atom stereocenters. The number of nitrogens with zero attached hydrogens (tertiary/aromatic N) is 2. The first kappa shape index (κ1) is 16.6. The summed E-state index contributed by atoms with van der Waals surface area (Å²) < 4.78 is 38.2. The molecule has 1 saturated heterocycles. The Morgan fingerprint density at radius 3 is 2.32 bits per heavy atom. The van der Waals surface area contributed by atoms with Crippen molar-refractivity contribution in [3.63, 3.8) is 0 Å². The van der Waals surface area contributed by atoms with Gasteiger partial charge in [-0.1, -0.05) is 18.2 Å². The van der Waals surface area contributed by atoms with Crippen molar-refractivity contribution >= 4 is 11.6 Å². The quantitative estimate of drug-likeness (QED) is 0.928. The summed E-state index contributed by atoms with van der Waals surface area (Å²) in [5, 5.41) is 9.59. The molecular weight excluding hydrogens is 297 g/mol. The Morgan fingerprint density at radius 1 is 1.27 bits per heavy atom. The van der Waals surface area contributed by atoms with Crippen molar-refractivity contribution in [1.82, 2.24) is 4.90 Å². The fraction of sp³-hybridized carbons (Fsp3) is 0.533. The molecule has 1 fully saturated rings. The first-order chi connectivity index (χ1) is 10.2. The highest BCUT2D eigenvalue weighted by Gasteiger charge is 2.54. The van der Waals surface area contributed by atoms with Crippen LogP contribution >= 0.6 is 0 Å². The third-order valence-electron chi connectivity index (χ3n) is 4.04. The minimum atomic E-state index is -4.65. The summed E-state index contributed by atoms with van der Waals surface area (Å²) >= 11 is 0. The van der Waals surface area contributed by atoms with Crippen LogP contribution < -0.4 is 4.90 Å². The molecule has 1 amide bonds. The van der Waals surface area contributed by atoms with Crippen LogP contribution in [0.5, 0.6) is 0 Å². The van der Waals surface area contributed by atoms with E-state index in [-0.39, 0.29) is 25.5 Å². The fourth-order valence-corrected chi connectivity index (χ4v) is 2.49. The van der Waals surface area contributed by atoms with Crippen molar-refractivity contribution in [2.75, 3.05) is 31.6 Å². The van der Waals surface area contributed by atoms with Gasteiger partial charge in [-0.05, 0) is 12.1 Å². The van der Waals surface area contributed by atoms with Crippen molar-refractivity contribution in [3.8, 4) is 0 Å². The Bertz CT molecular complexity index is 511. The van der Waals surface area contributed by atoms with Crippen LogP contribution in [0.2, 0.25) is 0 Å². The normalized spacial score (nSPS) is 18.1. The number of likely N-dealkylation sites (N-methyl/N-ethyl adjacent to an activating group) is 1. The Kier molecular flexibility index (Phi) is 4.65. The molecule has 2 rings (SSSR count). The number of hydrogen-bond acceptors (Lipinski definition) is 3. The highest BCUT2D eigenvalue weighted by molar-refractivity contribution is 5.81. The van der Waals surface area contributed by atoms with Gasteiger partial charge in [0.15, 0.2) is 5.60 Å². The zero-order valence-electron chi connectivity index (χ0n) is 12.3. The van der Waals surface area contributed by atoms with Gasteiger partial charge in [0.1, 0.15) is 0 Å². The number of carbonyl (C=O) groups is 1. The van der Waals surface area contributed by atoms with E-state index >= 15 is 0 Å². The van der Waals surface area contributed by atoms with Crippen molar-refractivity contribution < 1.29 is 23.1 Å². The number of likely N-dealkylation sites (tertiary alicyclic amines) is 1. The van der Waals surface area contributed by atoms with Gasteiger partial charge in [0.2, 0.25) is 5.91 Å². The molecule has 7 heteroatoms. The Hall–Kier alpha value is -1.76. The number of carbonyl (C=O) groups excluding carboxylic acids is 1. The summed E-state index contributed by atoms with van der Waals surface area (Å²) in [4.78, 5) is 15.3. The molecule has 22 heavy (non-hydrogen) atoms. The number of hydrogen-bond donors (Lipinski definition) is 1. The predicted molar refractivity (Wildman–Crippen MR) is 76.5 cm³/mol. The van der Waals surface area contributed by atoms with Crippen LogP contribution in [-0.2, 0) is 4.79 Å². The van der Waals surface area contributed by atoms with Gasteiger partial charge in [-0.3, -0.25) is 4.79 Å². The topological polar surface area (TPSA) is 43.8 Å². The lowest BCUT2D eigenvalue weighted by atomic mass is 9.91. The van der Waals surface area contributed by atoms with Crippen LogP contribution in [0, 0.1) is 0 Å². The van der Waals surface area contributed by atoms with Gasteiger partial charge in [-0.15, -0.1) is 0 Å². The Morgan fingerprint density at radius 2 is 1.82 bits per heavy atom. The van der Waals surface area contributed by atoms with Crippen LogP contribution in [0.1, 0.15) is 12.8 Å². The number of alkyl halides is 3. The third kappa shape index (κ3) is 3.52. The second-order valence-corrected chi connectivity index (χ2v) is 5.60. The van der Waals surface area contributed by atoms with Crippen molar-refractivity contribution in [2.45, 2.75) is 24.6 Å². The maximum Gasteiger partial charge on any atom is 0.417 e. The standard InChI is InChI=1S/C15H19F3N2O2/c1-19(12-5-3-2-4-6-12)11-13(21)20-9-7-14(22,8-10-20)15(16,17)18/h2-6,22H,7-11H2,1H3. The second-order valence-electron chi connectivity index (χ2n) is 5.60. The summed E-state index contributed by atoms with van der Waals surface area (Å²) in [6.07, 6.45) is -5.60. The average Bonchev–Trinajstić information content (AvgIpc) is 2.47. The monoisotopic (exact) mass is 316 g/mol. The van der Waals surface area contributed by atoms with Crippen molar-refractivity contribution in [2.24, 2.45) is 0 Å². The number of benzene rings is 1. The van der Waals surface area contributed by atoms with Gasteiger partial charge in [0.25, 0.3) is 0 Å². The summed E-state index contributed by atoms with van der Waals surface area (Å²) in [5.41, 5.74) is -1.81. The van der Waals surface area contributed by atoms with E-state index in [1.165, 1.54) is 4.90 Å². The number of halogens is 3. The SMILES string of the molecule is CN(CC(=O)N1CCC(O)(C(F)(F)F)CC1)c1ccccc1. The molecule has 1 aromatic rings. The lowest BCUT2D eigenvalue weighted by molar-refractivity contribution is -0.272. The molecule has 0 radical (unpaired) electrons. The molecule has 0 aromatic heterocycles. The number of rotatable bonds is 3. The second kappa shape index (κ2) is 6.16. The number of anilines is 1. The molecular formula is C15H19F3N2O2. The van der Waals surface area contributed by atoms with E-state index in [4.69, 9.17) is 0 Å². The van der Waals surface area contributed by atoms with Crippen LogP contribution in [0.25, 0.3) is 0 Å². The van der Waals surface area contributed by atoms with Gasteiger partial charge in [-0.2, -0.15) is 13.2 Å². The van der Waals surface area contributed by atoms with Gasteiger partial charge in [0.05, 0.1) is 6.54 Å². The molecule has 0 unspecified atom stereocenters. The van der Waals surface area contributed by atoms with E-state index in [9.17, 15) is 23.1 Å². The van der Waals surface area contributed by atoms with Crippen LogP contribution in [0.3, 0.4) is 0 Å². The van der Waals surface area contributed by atoms with E-state index < -0.39 is 24.6 Å². The number of para-hydroxylation sites is 1. The van der Waals surface area contributed by atoms with E-state index in [1.807, 2.05) is 30.3 Å². The molecule has 1 heterocycles. The van der Waals surface area contributed by atoms with Gasteiger partial charge < -0.3 is 14.9 Å². The van der Waals surface area contributed by atoms with Gasteiger partial charge in [-0.25, -0.2) is 0 Å². The number of aliphatic hydroxyl groups is 1. The molecule has 122 valence electrons. The van der Waals surface area contributed by atoms with Crippen LogP contribution in [-0.4, -0.2) is 54.4 Å². The van der Waals surface area contributed by atoms with Gasteiger partial charge in [0, 0.05) is 38.7 Å². The summed E-state index contributed by atoms with van der Waals surface area (Å²) in [6.45, 7) is -0.0800. The molecule has 0 aliphatic carbocycles. The van der Waals surface area contributed by atoms with E-state index in [0.717, 1.165) is 5.69 Å². The zero-order chi connectivity index (χ0) is 16.4. The first-order valence-electron chi connectivity index (χ1n) is 7.06. The largest absolute Gasteiger partial charge is 0.417 e. The van der Waals surface area contributed by atoms with E-state index in [1.54, 1.807) is 11.9 Å². The highest BCUT2D eigenvalue weighted by Crippen LogP contribution is 2.38. The lowest BCUT2D eigenvalue weighted by Crippen LogP contribution is -2.55. The van der Waals surface area contributed by atoms with Crippen LogP contribution in [0.4, 0.5) is 18.9 Å². The van der Waals surface area contributed by atoms with E-state index in [0.29, 0.717) is 0 Å². The molecule has 1 N–H and O–H groups in total. The maximum atomic E-state index is 12.7. The number of piperidine rings is 1. The molecule has 1 aliphatic heterocycles. The number of amides is 1.